The Bertz CT molecular complexity index is 895. The fraction of sp³-hybridized carbons (Fsp3) is 0.619. The van der Waals surface area contributed by atoms with E-state index in [1.54, 1.807) is 0 Å². The van der Waals surface area contributed by atoms with E-state index in [4.69, 9.17) is 9.47 Å². The minimum absolute atomic E-state index is 0.178. The van der Waals surface area contributed by atoms with Gasteiger partial charge >= 0.3 is 5.97 Å². The Labute approximate surface area is 182 Å². The molecule has 31 heavy (non-hydrogen) atoms. The molecule has 1 saturated carbocycles. The van der Waals surface area contributed by atoms with Gasteiger partial charge in [-0.05, 0) is 43.9 Å². The number of rotatable bonds is 7. The fourth-order valence-electron chi connectivity index (χ4n) is 3.81. The molecule has 0 radical (unpaired) electrons. The molecule has 1 amide bonds. The molecule has 8 nitrogen and oxygen atoms in total. The van der Waals surface area contributed by atoms with E-state index in [-0.39, 0.29) is 31.2 Å². The highest BCUT2D eigenvalue weighted by molar-refractivity contribution is 7.89. The summed E-state index contributed by atoms with van der Waals surface area (Å²) in [4.78, 5) is 24.5. The lowest BCUT2D eigenvalue weighted by Crippen LogP contribution is -2.40. The van der Waals surface area contributed by atoms with Crippen LogP contribution in [-0.2, 0) is 24.3 Å². The molecule has 1 saturated heterocycles. The average Bonchev–Trinajstić information content (AvgIpc) is 2.78. The van der Waals surface area contributed by atoms with Crippen molar-refractivity contribution in [3.8, 4) is 0 Å². The number of nitrogens with one attached hydrogen (secondary N) is 1. The lowest BCUT2D eigenvalue weighted by Gasteiger charge is -2.26. The first-order chi connectivity index (χ1) is 14.8. The van der Waals surface area contributed by atoms with Crippen molar-refractivity contribution in [1.29, 1.82) is 0 Å². The minimum atomic E-state index is -3.90. The van der Waals surface area contributed by atoms with Crippen molar-refractivity contribution < 1.29 is 31.9 Å². The van der Waals surface area contributed by atoms with Gasteiger partial charge in [-0.15, -0.1) is 0 Å². The number of carbonyl (C=O) groups excluding carboxylic acids is 2. The van der Waals surface area contributed by atoms with Crippen molar-refractivity contribution in [3.63, 3.8) is 0 Å². The summed E-state index contributed by atoms with van der Waals surface area (Å²) < 4.78 is 51.3. The van der Waals surface area contributed by atoms with Crippen LogP contribution in [-0.4, -0.2) is 63.6 Å². The van der Waals surface area contributed by atoms with Gasteiger partial charge in [-0.1, -0.05) is 19.3 Å². The van der Waals surface area contributed by atoms with Crippen LogP contribution in [0, 0.1) is 11.7 Å². The third kappa shape index (κ3) is 6.02. The molecule has 1 aliphatic carbocycles. The van der Waals surface area contributed by atoms with E-state index >= 15 is 0 Å². The Hall–Kier alpha value is -2.04. The van der Waals surface area contributed by atoms with Gasteiger partial charge in [0.15, 0.2) is 6.10 Å². The van der Waals surface area contributed by atoms with Crippen molar-refractivity contribution in [2.24, 2.45) is 5.92 Å². The molecule has 0 bridgehead atoms. The molecule has 1 N–H and O–H groups in total. The van der Waals surface area contributed by atoms with Crippen LogP contribution in [0.4, 0.5) is 4.39 Å². The number of nitrogens with zero attached hydrogens (tertiary/aromatic N) is 1. The van der Waals surface area contributed by atoms with Gasteiger partial charge in [0.2, 0.25) is 10.0 Å². The summed E-state index contributed by atoms with van der Waals surface area (Å²) in [5.74, 6) is -2.05. The zero-order chi connectivity index (χ0) is 22.4. The maximum atomic E-state index is 14.3. The van der Waals surface area contributed by atoms with Gasteiger partial charge in [-0.25, -0.2) is 17.6 Å². The van der Waals surface area contributed by atoms with Gasteiger partial charge in [-0.3, -0.25) is 4.79 Å². The van der Waals surface area contributed by atoms with Gasteiger partial charge in [0.25, 0.3) is 5.91 Å². The van der Waals surface area contributed by atoms with Crippen LogP contribution in [0.25, 0.3) is 0 Å². The van der Waals surface area contributed by atoms with Crippen LogP contribution in [0.5, 0.6) is 0 Å². The quantitative estimate of drug-likeness (QED) is 0.631. The van der Waals surface area contributed by atoms with Crippen molar-refractivity contribution in [2.75, 3.05) is 32.8 Å². The number of amides is 1. The molecule has 2 fully saturated rings. The summed E-state index contributed by atoms with van der Waals surface area (Å²) in [5, 5.41) is 2.78. The molecule has 2 aliphatic rings. The predicted octanol–water partition coefficient (Wildman–Crippen LogP) is 2.09. The third-order valence-corrected chi connectivity index (χ3v) is 7.60. The number of hydrogen-bond acceptors (Lipinski definition) is 6. The van der Waals surface area contributed by atoms with Crippen LogP contribution < -0.4 is 5.32 Å². The molecule has 10 heteroatoms. The topological polar surface area (TPSA) is 102 Å². The molecule has 172 valence electrons. The number of ether oxygens (including phenoxy) is 2. The molecule has 0 aromatic heterocycles. The number of benzene rings is 1. The van der Waals surface area contributed by atoms with Crippen LogP contribution in [0.2, 0.25) is 0 Å². The Morgan fingerprint density at radius 1 is 1.23 bits per heavy atom. The fourth-order valence-corrected chi connectivity index (χ4v) is 5.25. The Kier molecular flexibility index (Phi) is 8.01. The summed E-state index contributed by atoms with van der Waals surface area (Å²) in [5.41, 5.74) is -0.527. The number of esters is 1. The van der Waals surface area contributed by atoms with Gasteiger partial charge in [-0.2, -0.15) is 4.31 Å². The first-order valence-electron chi connectivity index (χ1n) is 10.6. The zero-order valence-electron chi connectivity index (χ0n) is 17.6. The molecule has 1 aliphatic heterocycles. The highest BCUT2D eigenvalue weighted by atomic mass is 32.2. The first-order valence-corrected chi connectivity index (χ1v) is 12.1. The number of hydrogen-bond donors (Lipinski definition) is 1. The summed E-state index contributed by atoms with van der Waals surface area (Å²) in [6, 6.07) is 2.98. The molecule has 0 spiro atoms. The monoisotopic (exact) mass is 456 g/mol. The molecule has 1 atom stereocenters. The maximum absolute atomic E-state index is 14.3. The number of carbonyl (C=O) groups is 2. The summed E-state index contributed by atoms with van der Waals surface area (Å²) in [6.45, 7) is 2.81. The lowest BCUT2D eigenvalue weighted by molar-refractivity contribution is -0.129. The van der Waals surface area contributed by atoms with Gasteiger partial charge in [0, 0.05) is 19.6 Å². The molecule has 1 aromatic carbocycles. The smallest absolute Gasteiger partial charge is 0.341 e. The van der Waals surface area contributed by atoms with Gasteiger partial charge in [0.05, 0.1) is 23.7 Å². The summed E-state index contributed by atoms with van der Waals surface area (Å²) in [7, 11) is -3.90. The Morgan fingerprint density at radius 2 is 1.90 bits per heavy atom. The predicted molar refractivity (Wildman–Crippen MR) is 110 cm³/mol. The molecule has 0 unspecified atom stereocenters. The highest BCUT2D eigenvalue weighted by Crippen LogP contribution is 2.23. The van der Waals surface area contributed by atoms with E-state index in [1.165, 1.54) is 17.6 Å². The van der Waals surface area contributed by atoms with E-state index < -0.39 is 39.4 Å². The Morgan fingerprint density at radius 3 is 2.58 bits per heavy atom. The number of morpholine rings is 1. The van der Waals surface area contributed by atoms with Crippen LogP contribution >= 0.6 is 0 Å². The van der Waals surface area contributed by atoms with E-state index in [0.29, 0.717) is 12.5 Å². The van der Waals surface area contributed by atoms with Crippen LogP contribution in [0.3, 0.4) is 0 Å². The molecular weight excluding hydrogens is 427 g/mol. The van der Waals surface area contributed by atoms with Crippen molar-refractivity contribution in [1.82, 2.24) is 9.62 Å². The van der Waals surface area contributed by atoms with Crippen molar-refractivity contribution >= 4 is 21.9 Å². The third-order valence-electron chi connectivity index (χ3n) is 5.71. The van der Waals surface area contributed by atoms with E-state index in [1.807, 2.05) is 0 Å². The van der Waals surface area contributed by atoms with Crippen LogP contribution in [0.1, 0.15) is 49.4 Å². The van der Waals surface area contributed by atoms with E-state index in [2.05, 4.69) is 5.32 Å². The van der Waals surface area contributed by atoms with Gasteiger partial charge < -0.3 is 14.8 Å². The minimum Gasteiger partial charge on any atom is -0.449 e. The average molecular weight is 457 g/mol. The molecule has 1 heterocycles. The number of halogens is 1. The standard InChI is InChI=1S/C21H29FN2O6S/c1-15(20(25)23-14-16-5-3-2-4-6-16)30-21(26)18-13-17(7-8-19(18)22)31(27,28)24-9-11-29-12-10-24/h7-8,13,15-16H,2-6,9-12,14H2,1H3,(H,23,25)/t15-/m1/s1. The first kappa shape index (κ1) is 23.6. The van der Waals surface area contributed by atoms with Crippen molar-refractivity contribution in [3.05, 3.63) is 29.6 Å². The maximum Gasteiger partial charge on any atom is 0.341 e. The van der Waals surface area contributed by atoms with E-state index in [0.717, 1.165) is 43.9 Å². The summed E-state index contributed by atoms with van der Waals surface area (Å²) in [6.07, 6.45) is 4.50. The highest BCUT2D eigenvalue weighted by Gasteiger charge is 2.29. The normalized spacial score (nSPS) is 19.5. The largest absolute Gasteiger partial charge is 0.449 e. The summed E-state index contributed by atoms with van der Waals surface area (Å²) >= 11 is 0. The second kappa shape index (κ2) is 10.5. The van der Waals surface area contributed by atoms with Crippen LogP contribution in [0.15, 0.2) is 23.1 Å². The molecule has 3 rings (SSSR count). The van der Waals surface area contributed by atoms with Crippen molar-refractivity contribution in [2.45, 2.75) is 50.0 Å². The van der Waals surface area contributed by atoms with Gasteiger partial charge in [0.1, 0.15) is 5.82 Å². The second-order valence-corrected chi connectivity index (χ2v) is 9.89. The van der Waals surface area contributed by atoms with E-state index in [9.17, 15) is 22.4 Å². The lowest BCUT2D eigenvalue weighted by atomic mass is 9.89. The SMILES string of the molecule is C[C@@H](OC(=O)c1cc(S(=O)(=O)N2CCOCC2)ccc1F)C(=O)NCC1CCCCC1. The Balaban J connectivity index is 1.63. The molecular formula is C21H29FN2O6S. The molecule has 1 aromatic rings. The zero-order valence-corrected chi connectivity index (χ0v) is 18.5. The number of sulfonamides is 1. The second-order valence-electron chi connectivity index (χ2n) is 7.95.